The summed E-state index contributed by atoms with van der Waals surface area (Å²) in [6.07, 6.45) is 0. The number of hydrogen-bond donors (Lipinski definition) is 1. The molecule has 1 heterocycles. The first-order chi connectivity index (χ1) is 2.39. The fourth-order valence-corrected chi connectivity index (χ4v) is 0.250. The van der Waals surface area contributed by atoms with Crippen molar-refractivity contribution in [3.8, 4) is 0 Å². The van der Waals surface area contributed by atoms with Crippen LogP contribution in [0.25, 0.3) is 0 Å². The molecule has 1 fully saturated rings. The van der Waals surface area contributed by atoms with Crippen LogP contribution in [0.3, 0.4) is 0 Å². The molecule has 1 aliphatic heterocycles. The van der Waals surface area contributed by atoms with Gasteiger partial charge < -0.3 is 0 Å². The molecule has 0 saturated carbocycles. The van der Waals surface area contributed by atoms with Gasteiger partial charge >= 0.3 is 0 Å². The highest BCUT2D eigenvalue weighted by Crippen LogP contribution is 1.90. The Balaban J connectivity index is 2.08. The Kier molecular flexibility index (Phi) is 0.596. The molecule has 0 spiro atoms. The third kappa shape index (κ3) is 0.412. The Morgan fingerprint density at radius 1 is 2.00 bits per heavy atom. The molecule has 0 aromatic carbocycles. The molecule has 0 amide bonds. The topological polar surface area (TPSA) is 21.3 Å². The molecule has 1 aliphatic rings. The average molecular weight is 73.1 g/mol. The minimum absolute atomic E-state index is 0.593. The molecule has 30 valence electrons. The third-order valence-corrected chi connectivity index (χ3v) is 0.618. The summed E-state index contributed by atoms with van der Waals surface area (Å²) >= 11 is 0. The monoisotopic (exact) mass is 73.1 g/mol. The van der Waals surface area contributed by atoms with Crippen molar-refractivity contribution in [2.45, 2.75) is 13.0 Å². The molecule has 2 heteroatoms. The molecule has 1 N–H and O–H groups in total. The Labute approximate surface area is 31.1 Å². The van der Waals surface area contributed by atoms with Gasteiger partial charge in [-0.25, -0.2) is 0 Å². The van der Waals surface area contributed by atoms with Gasteiger partial charge in [-0.2, -0.15) is 5.48 Å². The molecule has 2 nitrogen and oxygen atoms in total. The summed E-state index contributed by atoms with van der Waals surface area (Å²) in [5, 5.41) is 0. The largest absolute Gasteiger partial charge is 0.300 e. The zero-order chi connectivity index (χ0) is 3.70. The second kappa shape index (κ2) is 0.954. The van der Waals surface area contributed by atoms with Crippen molar-refractivity contribution in [2.75, 3.05) is 6.61 Å². The second-order valence-corrected chi connectivity index (χ2v) is 1.33. The lowest BCUT2D eigenvalue weighted by molar-refractivity contribution is -0.0903. The van der Waals surface area contributed by atoms with E-state index < -0.39 is 0 Å². The van der Waals surface area contributed by atoms with Gasteiger partial charge in [-0.05, 0) is 6.92 Å². The van der Waals surface area contributed by atoms with E-state index in [9.17, 15) is 0 Å². The highest BCUT2D eigenvalue weighted by Gasteiger charge is 2.08. The van der Waals surface area contributed by atoms with Gasteiger partial charge in [-0.15, -0.1) is 0 Å². The van der Waals surface area contributed by atoms with Crippen molar-refractivity contribution < 1.29 is 4.84 Å². The van der Waals surface area contributed by atoms with E-state index >= 15 is 0 Å². The maximum atomic E-state index is 4.58. The summed E-state index contributed by atoms with van der Waals surface area (Å²) in [5.74, 6) is 0. The van der Waals surface area contributed by atoms with Crippen molar-refractivity contribution in [1.82, 2.24) is 5.48 Å². The first kappa shape index (κ1) is 3.12. The zero-order valence-electron chi connectivity index (χ0n) is 3.19. The summed E-state index contributed by atoms with van der Waals surface area (Å²) in [4.78, 5) is 4.58. The molecule has 0 bridgehead atoms. The van der Waals surface area contributed by atoms with E-state index in [4.69, 9.17) is 0 Å². The van der Waals surface area contributed by atoms with Gasteiger partial charge in [0.25, 0.3) is 0 Å². The summed E-state index contributed by atoms with van der Waals surface area (Å²) in [5.41, 5.74) is 2.71. The van der Waals surface area contributed by atoms with Crippen molar-refractivity contribution in [3.63, 3.8) is 0 Å². The van der Waals surface area contributed by atoms with E-state index in [1.165, 1.54) is 0 Å². The lowest BCUT2D eigenvalue weighted by Gasteiger charge is -2.21. The van der Waals surface area contributed by atoms with E-state index in [0.717, 1.165) is 6.61 Å². The molecule has 1 saturated heterocycles. The molecule has 1 unspecified atom stereocenters. The highest BCUT2D eigenvalue weighted by atomic mass is 16.7. The lowest BCUT2D eigenvalue weighted by atomic mass is 10.4. The molecule has 0 aliphatic carbocycles. The van der Waals surface area contributed by atoms with Gasteiger partial charge in [-0.3, -0.25) is 4.84 Å². The quantitative estimate of drug-likeness (QED) is 0.432. The van der Waals surface area contributed by atoms with Crippen LogP contribution in [0.1, 0.15) is 6.92 Å². The van der Waals surface area contributed by atoms with Crippen LogP contribution < -0.4 is 5.48 Å². The van der Waals surface area contributed by atoms with Gasteiger partial charge in [0, 0.05) is 0 Å². The molecule has 1 rings (SSSR count). The second-order valence-electron chi connectivity index (χ2n) is 1.33. The van der Waals surface area contributed by atoms with Crippen LogP contribution >= 0.6 is 0 Å². The molecular weight excluding hydrogens is 66.0 g/mol. The smallest absolute Gasteiger partial charge is 0.0855 e. The van der Waals surface area contributed by atoms with Gasteiger partial charge in [0.2, 0.25) is 0 Å². The van der Waals surface area contributed by atoms with Crippen molar-refractivity contribution >= 4 is 0 Å². The maximum absolute atomic E-state index is 4.58. The Morgan fingerprint density at radius 2 is 2.40 bits per heavy atom. The van der Waals surface area contributed by atoms with E-state index in [0.29, 0.717) is 6.04 Å². The van der Waals surface area contributed by atoms with E-state index in [2.05, 4.69) is 17.2 Å². The van der Waals surface area contributed by atoms with Gasteiger partial charge in [0.15, 0.2) is 0 Å². The van der Waals surface area contributed by atoms with Gasteiger partial charge in [0.1, 0.15) is 0 Å². The van der Waals surface area contributed by atoms with Crippen LogP contribution in [0, 0.1) is 0 Å². The third-order valence-electron chi connectivity index (χ3n) is 0.618. The van der Waals surface area contributed by atoms with Gasteiger partial charge in [0.05, 0.1) is 12.6 Å². The number of hydroxylamine groups is 1. The maximum Gasteiger partial charge on any atom is 0.0855 e. The predicted molar refractivity (Wildman–Crippen MR) is 18.5 cm³/mol. The summed E-state index contributed by atoms with van der Waals surface area (Å²) in [6.45, 7) is 2.95. The molecule has 0 aromatic rings. The summed E-state index contributed by atoms with van der Waals surface area (Å²) in [7, 11) is 0. The predicted octanol–water partition coefficient (Wildman–Crippen LogP) is -0.0903. The van der Waals surface area contributed by atoms with Crippen LogP contribution in [0.5, 0.6) is 0 Å². The Hall–Kier alpha value is -0.0800. The molecule has 5 heavy (non-hydrogen) atoms. The minimum Gasteiger partial charge on any atom is -0.300 e. The standard InChI is InChI=1S/C3H7NO/c1-3-2-5-4-3/h3-4H,2H2,1H3. The first-order valence-electron chi connectivity index (χ1n) is 1.77. The number of hydrogen-bond acceptors (Lipinski definition) is 2. The van der Waals surface area contributed by atoms with Crippen LogP contribution in [0.2, 0.25) is 0 Å². The number of nitrogens with one attached hydrogen (secondary N) is 1. The highest BCUT2D eigenvalue weighted by molar-refractivity contribution is 4.56. The van der Waals surface area contributed by atoms with Crippen molar-refractivity contribution in [3.05, 3.63) is 0 Å². The lowest BCUT2D eigenvalue weighted by Crippen LogP contribution is -2.43. The Bertz CT molecular complexity index is 33.9. The van der Waals surface area contributed by atoms with Gasteiger partial charge in [-0.1, -0.05) is 0 Å². The molecule has 0 aromatic heterocycles. The van der Waals surface area contributed by atoms with Crippen LogP contribution in [0.15, 0.2) is 0 Å². The normalized spacial score (nSPS) is 36.6. The van der Waals surface area contributed by atoms with Crippen LogP contribution in [-0.2, 0) is 4.84 Å². The van der Waals surface area contributed by atoms with Crippen molar-refractivity contribution in [2.24, 2.45) is 0 Å². The SMILES string of the molecule is CC1CON1. The summed E-state index contributed by atoms with van der Waals surface area (Å²) < 4.78 is 0. The Morgan fingerprint density at radius 3 is 2.40 bits per heavy atom. The molecular formula is C3H7NO. The zero-order valence-corrected chi connectivity index (χ0v) is 3.19. The average Bonchev–Trinajstić information content (AvgIpc) is 1.30. The van der Waals surface area contributed by atoms with Crippen LogP contribution in [0.4, 0.5) is 0 Å². The molecule has 1 atom stereocenters. The van der Waals surface area contributed by atoms with E-state index in [1.807, 2.05) is 0 Å². The minimum atomic E-state index is 0.593. The fraction of sp³-hybridized carbons (Fsp3) is 1.00. The fourth-order valence-electron chi connectivity index (χ4n) is 0.250. The molecule has 0 radical (unpaired) electrons. The van der Waals surface area contributed by atoms with E-state index in [-0.39, 0.29) is 0 Å². The summed E-state index contributed by atoms with van der Waals surface area (Å²) in [6, 6.07) is 0.593. The van der Waals surface area contributed by atoms with Crippen LogP contribution in [-0.4, -0.2) is 12.6 Å². The first-order valence-corrected chi connectivity index (χ1v) is 1.77. The van der Waals surface area contributed by atoms with E-state index in [1.54, 1.807) is 0 Å². The van der Waals surface area contributed by atoms with Crippen molar-refractivity contribution in [1.29, 1.82) is 0 Å². The number of rotatable bonds is 0.